The lowest BCUT2D eigenvalue weighted by atomic mass is 9.75. The van der Waals surface area contributed by atoms with Gasteiger partial charge in [-0.15, -0.1) is 0 Å². The number of rotatable bonds is 2. The number of amides is 1. The maximum absolute atomic E-state index is 13.4. The second-order valence-electron chi connectivity index (χ2n) is 7.32. The summed E-state index contributed by atoms with van der Waals surface area (Å²) < 4.78 is 10.1. The van der Waals surface area contributed by atoms with Crippen LogP contribution < -0.4 is 10.6 Å². The van der Waals surface area contributed by atoms with Gasteiger partial charge in [0.2, 0.25) is 0 Å². The van der Waals surface area contributed by atoms with Crippen LogP contribution in [0.4, 0.5) is 11.4 Å². The Morgan fingerprint density at radius 3 is 2.32 bits per heavy atom. The number of carbonyl (C=O) groups is 3. The molecule has 1 spiro atoms. The Hall–Kier alpha value is -4.13. The quantitative estimate of drug-likeness (QED) is 0.626. The molecule has 5 rings (SSSR count). The first kappa shape index (κ1) is 18.9. The molecule has 0 radical (unpaired) electrons. The average Bonchev–Trinajstić information content (AvgIpc) is 3.08. The van der Waals surface area contributed by atoms with Gasteiger partial charge in [0.1, 0.15) is 0 Å². The molecule has 3 aromatic rings. The first-order valence-corrected chi connectivity index (χ1v) is 9.65. The lowest BCUT2D eigenvalue weighted by Gasteiger charge is -2.37. The largest absolute Gasteiger partial charge is 0.466 e. The Morgan fingerprint density at radius 2 is 1.55 bits per heavy atom. The first-order valence-electron chi connectivity index (χ1n) is 9.65. The normalized spacial score (nSPS) is 18.8. The van der Waals surface area contributed by atoms with Crippen molar-refractivity contribution in [2.24, 2.45) is 0 Å². The van der Waals surface area contributed by atoms with Crippen LogP contribution in [0, 0.1) is 0 Å². The number of anilines is 2. The highest BCUT2D eigenvalue weighted by molar-refractivity contribution is 6.32. The molecule has 3 aromatic carbocycles. The molecule has 0 aliphatic carbocycles. The molecule has 0 fully saturated rings. The standard InChI is InChI=1S/C24H18N2O5/c1-30-21(27)19-18-14-8-4-3-7-13(14)11-12-17(18)26-24(20(19)22(28)31-2)15-9-5-6-10-16(15)25-23(24)29/h3-12,26H,1-2H3,(H,25,29). The van der Waals surface area contributed by atoms with Gasteiger partial charge in [0.15, 0.2) is 5.54 Å². The van der Waals surface area contributed by atoms with Crippen LogP contribution >= 0.6 is 0 Å². The van der Waals surface area contributed by atoms with Crippen LogP contribution in [0.25, 0.3) is 16.3 Å². The molecular formula is C24H18N2O5. The zero-order chi connectivity index (χ0) is 21.8. The van der Waals surface area contributed by atoms with E-state index in [9.17, 15) is 14.4 Å². The average molecular weight is 414 g/mol. The Kier molecular flexibility index (Phi) is 4.08. The topological polar surface area (TPSA) is 93.7 Å². The molecule has 2 N–H and O–H groups in total. The number of nitrogens with one attached hydrogen (secondary N) is 2. The predicted octanol–water partition coefficient (Wildman–Crippen LogP) is 3.21. The summed E-state index contributed by atoms with van der Waals surface area (Å²) in [4.78, 5) is 39.7. The molecule has 0 aromatic heterocycles. The third-order valence-corrected chi connectivity index (χ3v) is 5.83. The van der Waals surface area contributed by atoms with Gasteiger partial charge in [-0.05, 0) is 22.9 Å². The summed E-state index contributed by atoms with van der Waals surface area (Å²) in [5.41, 5.74) is 0.380. The molecule has 154 valence electrons. The van der Waals surface area contributed by atoms with E-state index in [-0.39, 0.29) is 11.1 Å². The van der Waals surface area contributed by atoms with Gasteiger partial charge in [-0.2, -0.15) is 0 Å². The Bertz CT molecular complexity index is 1330. The van der Waals surface area contributed by atoms with Crippen molar-refractivity contribution in [3.63, 3.8) is 0 Å². The molecule has 31 heavy (non-hydrogen) atoms. The number of hydrogen-bond acceptors (Lipinski definition) is 6. The van der Waals surface area contributed by atoms with Crippen molar-refractivity contribution in [2.45, 2.75) is 5.54 Å². The monoisotopic (exact) mass is 414 g/mol. The molecule has 0 saturated heterocycles. The number of fused-ring (bicyclic) bond motifs is 5. The maximum Gasteiger partial charge on any atom is 0.339 e. The maximum atomic E-state index is 13.4. The number of carbonyl (C=O) groups excluding carboxylic acids is 3. The van der Waals surface area contributed by atoms with Gasteiger partial charge in [0, 0.05) is 22.5 Å². The Labute approximate surface area is 177 Å². The Balaban J connectivity index is 1.97. The second kappa shape index (κ2) is 6.70. The number of ether oxygens (including phenoxy) is 2. The fraction of sp³-hybridized carbons (Fsp3) is 0.125. The van der Waals surface area contributed by atoms with E-state index in [1.165, 1.54) is 14.2 Å². The van der Waals surface area contributed by atoms with Crippen molar-refractivity contribution >= 4 is 45.6 Å². The van der Waals surface area contributed by atoms with Crippen LogP contribution in [0.2, 0.25) is 0 Å². The van der Waals surface area contributed by atoms with Crippen molar-refractivity contribution in [3.05, 3.63) is 77.4 Å². The number of benzene rings is 3. The molecule has 7 nitrogen and oxygen atoms in total. The zero-order valence-electron chi connectivity index (χ0n) is 16.8. The summed E-state index contributed by atoms with van der Waals surface area (Å²) in [6, 6.07) is 18.2. The summed E-state index contributed by atoms with van der Waals surface area (Å²) >= 11 is 0. The smallest absolute Gasteiger partial charge is 0.339 e. The lowest BCUT2D eigenvalue weighted by molar-refractivity contribution is -0.139. The van der Waals surface area contributed by atoms with Crippen molar-refractivity contribution in [2.75, 3.05) is 24.9 Å². The molecule has 7 heteroatoms. The number of esters is 2. The van der Waals surface area contributed by atoms with E-state index in [2.05, 4.69) is 10.6 Å². The number of hydrogen-bond donors (Lipinski definition) is 2. The van der Waals surface area contributed by atoms with Gasteiger partial charge >= 0.3 is 11.9 Å². The minimum absolute atomic E-state index is 0.00625. The van der Waals surface area contributed by atoms with Crippen LogP contribution in [0.15, 0.2) is 66.2 Å². The highest BCUT2D eigenvalue weighted by Gasteiger charge is 2.57. The fourth-order valence-corrected chi connectivity index (χ4v) is 4.52. The predicted molar refractivity (Wildman–Crippen MR) is 115 cm³/mol. The molecule has 0 bridgehead atoms. The van der Waals surface area contributed by atoms with E-state index in [0.29, 0.717) is 22.5 Å². The van der Waals surface area contributed by atoms with E-state index in [4.69, 9.17) is 9.47 Å². The van der Waals surface area contributed by atoms with Gasteiger partial charge in [-0.25, -0.2) is 9.59 Å². The Morgan fingerprint density at radius 1 is 0.839 bits per heavy atom. The fourth-order valence-electron chi connectivity index (χ4n) is 4.52. The number of para-hydroxylation sites is 1. The SMILES string of the molecule is COC(=O)C1=C(C(=O)OC)C2(Nc3ccc4ccccc4c31)C(=O)Nc1ccccc12. The molecule has 1 amide bonds. The van der Waals surface area contributed by atoms with E-state index >= 15 is 0 Å². The molecular weight excluding hydrogens is 396 g/mol. The minimum Gasteiger partial charge on any atom is -0.466 e. The van der Waals surface area contributed by atoms with Gasteiger partial charge < -0.3 is 20.1 Å². The van der Waals surface area contributed by atoms with E-state index in [1.807, 2.05) is 30.3 Å². The second-order valence-corrected chi connectivity index (χ2v) is 7.32. The molecule has 1 atom stereocenters. The summed E-state index contributed by atoms with van der Waals surface area (Å²) in [7, 11) is 2.46. The van der Waals surface area contributed by atoms with Crippen molar-refractivity contribution < 1.29 is 23.9 Å². The highest BCUT2D eigenvalue weighted by Crippen LogP contribution is 2.51. The summed E-state index contributed by atoms with van der Waals surface area (Å²) in [6.45, 7) is 0. The van der Waals surface area contributed by atoms with Gasteiger partial charge in [-0.3, -0.25) is 4.79 Å². The van der Waals surface area contributed by atoms with Crippen LogP contribution in [-0.2, 0) is 29.4 Å². The number of methoxy groups -OCH3 is 2. The van der Waals surface area contributed by atoms with Gasteiger partial charge in [0.25, 0.3) is 5.91 Å². The lowest BCUT2D eigenvalue weighted by Crippen LogP contribution is -2.49. The van der Waals surface area contributed by atoms with Crippen molar-refractivity contribution in [3.8, 4) is 0 Å². The first-order chi connectivity index (χ1) is 15.0. The van der Waals surface area contributed by atoms with Crippen LogP contribution in [0.5, 0.6) is 0 Å². The minimum atomic E-state index is -1.64. The van der Waals surface area contributed by atoms with Gasteiger partial charge in [0.05, 0.1) is 25.4 Å². The molecule has 0 saturated carbocycles. The van der Waals surface area contributed by atoms with Gasteiger partial charge in [-0.1, -0.05) is 48.5 Å². The third-order valence-electron chi connectivity index (χ3n) is 5.83. The van der Waals surface area contributed by atoms with Crippen LogP contribution in [0.3, 0.4) is 0 Å². The van der Waals surface area contributed by atoms with Crippen molar-refractivity contribution in [1.29, 1.82) is 0 Å². The molecule has 2 aliphatic rings. The molecule has 1 unspecified atom stereocenters. The van der Waals surface area contributed by atoms with Crippen molar-refractivity contribution in [1.82, 2.24) is 0 Å². The van der Waals surface area contributed by atoms with E-state index in [0.717, 1.165) is 10.8 Å². The molecule has 2 aliphatic heterocycles. The third kappa shape index (κ3) is 2.43. The molecule has 2 heterocycles. The van der Waals surface area contributed by atoms with Crippen LogP contribution in [0.1, 0.15) is 11.1 Å². The zero-order valence-corrected chi connectivity index (χ0v) is 16.8. The summed E-state index contributed by atoms with van der Waals surface area (Å²) in [5, 5.41) is 7.71. The summed E-state index contributed by atoms with van der Waals surface area (Å²) in [5.74, 6) is -2.00. The van der Waals surface area contributed by atoms with E-state index in [1.54, 1.807) is 30.3 Å². The highest BCUT2D eigenvalue weighted by atomic mass is 16.5. The summed E-state index contributed by atoms with van der Waals surface area (Å²) in [6.07, 6.45) is 0. The van der Waals surface area contributed by atoms with Crippen LogP contribution in [-0.4, -0.2) is 32.1 Å². The van der Waals surface area contributed by atoms with E-state index < -0.39 is 23.4 Å².